The maximum absolute atomic E-state index is 14.7. The normalized spacial score (nSPS) is 14.8. The molecule has 0 atom stereocenters. The van der Waals surface area contributed by atoms with Crippen LogP contribution in [0.5, 0.6) is 17.2 Å². The highest BCUT2D eigenvalue weighted by molar-refractivity contribution is 7.86. The smallest absolute Gasteiger partial charge is 0.306 e. The molecule has 1 fully saturated rings. The first-order valence-corrected chi connectivity index (χ1v) is 12.4. The maximum Gasteiger partial charge on any atom is 0.306 e. The van der Waals surface area contributed by atoms with E-state index in [9.17, 15) is 12.8 Å². The van der Waals surface area contributed by atoms with E-state index >= 15 is 0 Å². The van der Waals surface area contributed by atoms with E-state index in [4.69, 9.17) is 13.7 Å². The molecule has 0 bridgehead atoms. The Bertz CT molecular complexity index is 971. The molecular weight excluding hydrogens is 439 g/mol. The van der Waals surface area contributed by atoms with Crippen molar-refractivity contribution in [3.05, 3.63) is 35.9 Å². The lowest BCUT2D eigenvalue weighted by atomic mass is 10.0. The zero-order valence-corrected chi connectivity index (χ0v) is 19.3. The van der Waals surface area contributed by atoms with Crippen molar-refractivity contribution in [2.75, 3.05) is 37.5 Å². The topological polar surface area (TPSA) is 103 Å². The van der Waals surface area contributed by atoms with Crippen LogP contribution in [0.1, 0.15) is 32.3 Å². The predicted octanol–water partition coefficient (Wildman–Crippen LogP) is 2.51. The highest BCUT2D eigenvalue weighted by Gasteiger charge is 2.25. The molecule has 0 radical (unpaired) electrons. The molecule has 0 unspecified atom stereocenters. The molecule has 1 saturated heterocycles. The molecule has 1 aliphatic rings. The molecule has 11 heteroatoms. The highest BCUT2D eigenvalue weighted by Crippen LogP contribution is 2.31. The van der Waals surface area contributed by atoms with Crippen molar-refractivity contribution in [1.29, 1.82) is 0 Å². The van der Waals surface area contributed by atoms with Crippen LogP contribution < -0.4 is 23.9 Å². The van der Waals surface area contributed by atoms with Crippen LogP contribution in [0.3, 0.4) is 0 Å². The summed E-state index contributed by atoms with van der Waals surface area (Å²) < 4.78 is 53.2. The van der Waals surface area contributed by atoms with Crippen molar-refractivity contribution < 1.29 is 26.5 Å². The Morgan fingerprint density at radius 3 is 2.16 bits per heavy atom. The van der Waals surface area contributed by atoms with E-state index in [0.29, 0.717) is 25.7 Å². The summed E-state index contributed by atoms with van der Waals surface area (Å²) in [5.41, 5.74) is 0.789. The minimum absolute atomic E-state index is 0.0422. The number of halogens is 1. The Labute approximate surface area is 188 Å². The fourth-order valence-electron chi connectivity index (χ4n) is 3.59. The van der Waals surface area contributed by atoms with Crippen LogP contribution in [0.4, 0.5) is 10.3 Å². The van der Waals surface area contributed by atoms with E-state index in [1.165, 1.54) is 12.4 Å². The van der Waals surface area contributed by atoms with Crippen LogP contribution >= 0.6 is 0 Å². The van der Waals surface area contributed by atoms with Crippen LogP contribution in [0, 0.1) is 5.82 Å². The molecule has 9 nitrogen and oxygen atoms in total. The van der Waals surface area contributed by atoms with Crippen molar-refractivity contribution in [1.82, 2.24) is 15.3 Å². The molecule has 2 heterocycles. The van der Waals surface area contributed by atoms with Gasteiger partial charge in [0.05, 0.1) is 31.9 Å². The standard InChI is InChI=1S/C21H29FN4O5S/c1-4-29-18-10-15(11-19(20(18)22)30-5-2)14-26(16-6-8-23-9-7-16)21-24-12-17(13-25-21)31-32(3,27)28/h10-13,16,23H,4-9,14H2,1-3H3. The molecule has 2 aromatic rings. The molecule has 176 valence electrons. The average molecular weight is 469 g/mol. The number of hydrogen-bond donors (Lipinski definition) is 1. The van der Waals surface area contributed by atoms with Crippen LogP contribution in [0.15, 0.2) is 24.5 Å². The van der Waals surface area contributed by atoms with Crippen LogP contribution in [-0.2, 0) is 16.7 Å². The first-order valence-electron chi connectivity index (χ1n) is 10.6. The van der Waals surface area contributed by atoms with Crippen molar-refractivity contribution in [3.8, 4) is 17.2 Å². The van der Waals surface area contributed by atoms with Gasteiger partial charge >= 0.3 is 10.1 Å². The Kier molecular flexibility index (Phi) is 8.08. The summed E-state index contributed by atoms with van der Waals surface area (Å²) in [7, 11) is -3.67. The second-order valence-electron chi connectivity index (χ2n) is 7.39. The van der Waals surface area contributed by atoms with Gasteiger partial charge in [-0.1, -0.05) is 0 Å². The first kappa shape index (κ1) is 24.0. The van der Waals surface area contributed by atoms with Crippen molar-refractivity contribution in [2.24, 2.45) is 0 Å². The molecule has 32 heavy (non-hydrogen) atoms. The summed E-state index contributed by atoms with van der Waals surface area (Å²) in [6.07, 6.45) is 5.38. The fourth-order valence-corrected chi connectivity index (χ4v) is 4.03. The van der Waals surface area contributed by atoms with Gasteiger partial charge in [0.15, 0.2) is 17.2 Å². The number of nitrogens with one attached hydrogen (secondary N) is 1. The molecular formula is C21H29FN4O5S. The minimum atomic E-state index is -3.67. The van der Waals surface area contributed by atoms with E-state index in [1.807, 2.05) is 4.90 Å². The summed E-state index contributed by atoms with van der Waals surface area (Å²) in [6.45, 7) is 6.35. The summed E-state index contributed by atoms with van der Waals surface area (Å²) >= 11 is 0. The lowest BCUT2D eigenvalue weighted by Crippen LogP contribution is -2.43. The summed E-state index contributed by atoms with van der Waals surface area (Å²) in [5, 5.41) is 3.34. The van der Waals surface area contributed by atoms with Gasteiger partial charge in [0.2, 0.25) is 11.8 Å². The molecule has 0 saturated carbocycles. The second kappa shape index (κ2) is 10.8. The molecule has 1 aromatic carbocycles. The third-order valence-electron chi connectivity index (χ3n) is 4.89. The monoisotopic (exact) mass is 468 g/mol. The number of piperidine rings is 1. The van der Waals surface area contributed by atoms with Crippen LogP contribution in [0.2, 0.25) is 0 Å². The summed E-state index contributed by atoms with van der Waals surface area (Å²) in [4.78, 5) is 10.7. The third-order valence-corrected chi connectivity index (χ3v) is 5.38. The lowest BCUT2D eigenvalue weighted by Gasteiger charge is -2.35. The first-order chi connectivity index (χ1) is 15.3. The number of ether oxygens (including phenoxy) is 2. The van der Waals surface area contributed by atoms with E-state index < -0.39 is 15.9 Å². The molecule has 1 aliphatic heterocycles. The average Bonchev–Trinajstić information content (AvgIpc) is 2.76. The van der Waals surface area contributed by atoms with Crippen molar-refractivity contribution in [3.63, 3.8) is 0 Å². The van der Waals surface area contributed by atoms with Gasteiger partial charge in [-0.05, 0) is 57.5 Å². The number of rotatable bonds is 10. The SMILES string of the molecule is CCOc1cc(CN(c2ncc(OS(C)(=O)=O)cn2)C2CCNCC2)cc(OCC)c1F. The van der Waals surface area contributed by atoms with Crippen molar-refractivity contribution >= 4 is 16.1 Å². The van der Waals surface area contributed by atoms with E-state index in [2.05, 4.69) is 15.3 Å². The number of aromatic nitrogens is 2. The molecule has 0 aliphatic carbocycles. The number of benzene rings is 1. The summed E-state index contributed by atoms with van der Waals surface area (Å²) in [6, 6.07) is 3.47. The Morgan fingerprint density at radius 2 is 1.66 bits per heavy atom. The molecule has 3 rings (SSSR count). The van der Waals surface area contributed by atoms with Gasteiger partial charge in [0, 0.05) is 12.6 Å². The zero-order chi connectivity index (χ0) is 23.1. The van der Waals surface area contributed by atoms with Crippen LogP contribution in [-0.4, -0.2) is 57.0 Å². The maximum atomic E-state index is 14.7. The summed E-state index contributed by atoms with van der Waals surface area (Å²) in [5.74, 6) is 0.219. The van der Waals surface area contributed by atoms with Crippen LogP contribution in [0.25, 0.3) is 0 Å². The lowest BCUT2D eigenvalue weighted by molar-refractivity contribution is 0.291. The van der Waals surface area contributed by atoms with Gasteiger partial charge in [-0.25, -0.2) is 9.97 Å². The predicted molar refractivity (Wildman–Crippen MR) is 118 cm³/mol. The van der Waals surface area contributed by atoms with Gasteiger partial charge in [0.25, 0.3) is 0 Å². The van der Waals surface area contributed by atoms with Gasteiger partial charge in [-0.2, -0.15) is 12.8 Å². The van der Waals surface area contributed by atoms with Crippen molar-refractivity contribution in [2.45, 2.75) is 39.3 Å². The number of hydrogen-bond acceptors (Lipinski definition) is 9. The number of anilines is 1. The van der Waals surface area contributed by atoms with Gasteiger partial charge < -0.3 is 23.9 Å². The zero-order valence-electron chi connectivity index (χ0n) is 18.5. The minimum Gasteiger partial charge on any atom is -0.491 e. The molecule has 0 spiro atoms. The Morgan fingerprint density at radius 1 is 1.09 bits per heavy atom. The molecule has 0 amide bonds. The quantitative estimate of drug-likeness (QED) is 0.527. The van der Waals surface area contributed by atoms with E-state index in [1.54, 1.807) is 26.0 Å². The largest absolute Gasteiger partial charge is 0.491 e. The highest BCUT2D eigenvalue weighted by atomic mass is 32.2. The van der Waals surface area contributed by atoms with E-state index in [0.717, 1.165) is 37.8 Å². The molecule has 1 aromatic heterocycles. The van der Waals surface area contributed by atoms with Gasteiger partial charge in [-0.3, -0.25) is 0 Å². The Balaban J connectivity index is 1.93. The Hall–Kier alpha value is -2.66. The number of nitrogens with zero attached hydrogens (tertiary/aromatic N) is 3. The van der Waals surface area contributed by atoms with E-state index in [-0.39, 0.29) is 23.3 Å². The molecule has 1 N–H and O–H groups in total. The third kappa shape index (κ3) is 6.42. The van der Waals surface area contributed by atoms with Gasteiger partial charge in [0.1, 0.15) is 0 Å². The second-order valence-corrected chi connectivity index (χ2v) is 8.96. The fraction of sp³-hybridized carbons (Fsp3) is 0.524. The van der Waals surface area contributed by atoms with Gasteiger partial charge in [-0.15, -0.1) is 0 Å².